The van der Waals surface area contributed by atoms with Crippen molar-refractivity contribution in [3.8, 4) is 0 Å². The molecule has 3 atom stereocenters. The first-order chi connectivity index (χ1) is 10.7. The molecule has 5 nitrogen and oxygen atoms in total. The second kappa shape index (κ2) is 7.99. The maximum absolute atomic E-state index is 12.1. The Hall–Kier alpha value is -1.31. The van der Waals surface area contributed by atoms with Crippen LogP contribution in [0.4, 0.5) is 5.69 Å². The number of fused-ring (bicyclic) bond motifs is 1. The lowest BCUT2D eigenvalue weighted by molar-refractivity contribution is -0.117. The number of para-hydroxylation sites is 1. The molecule has 23 heavy (non-hydrogen) atoms. The van der Waals surface area contributed by atoms with Crippen molar-refractivity contribution in [2.45, 2.75) is 38.6 Å². The zero-order valence-corrected chi connectivity index (χ0v) is 16.0. The van der Waals surface area contributed by atoms with Crippen LogP contribution in [0.25, 0.3) is 0 Å². The van der Waals surface area contributed by atoms with Gasteiger partial charge in [-0.25, -0.2) is 0 Å². The Balaban J connectivity index is 0.00000192. The second-order valence-corrected chi connectivity index (χ2v) is 6.14. The van der Waals surface area contributed by atoms with E-state index in [1.165, 1.54) is 6.42 Å². The van der Waals surface area contributed by atoms with Crippen LogP contribution in [0.1, 0.15) is 38.2 Å². The van der Waals surface area contributed by atoms with Gasteiger partial charge in [0.05, 0.1) is 5.92 Å². The van der Waals surface area contributed by atoms with Crippen LogP contribution in [-0.2, 0) is 4.79 Å². The monoisotopic (exact) mass is 428 g/mol. The van der Waals surface area contributed by atoms with Gasteiger partial charge in [0.2, 0.25) is 5.91 Å². The molecule has 1 fully saturated rings. The van der Waals surface area contributed by atoms with E-state index in [9.17, 15) is 4.79 Å². The Morgan fingerprint density at radius 1 is 1.39 bits per heavy atom. The number of hydrogen-bond acceptors (Lipinski definition) is 2. The lowest BCUT2D eigenvalue weighted by atomic mass is 9.97. The summed E-state index contributed by atoms with van der Waals surface area (Å²) in [7, 11) is 0. The predicted molar refractivity (Wildman–Crippen MR) is 105 cm³/mol. The van der Waals surface area contributed by atoms with Crippen LogP contribution in [0, 0.1) is 5.92 Å². The summed E-state index contributed by atoms with van der Waals surface area (Å²) in [5.41, 5.74) is 2.04. The number of nitrogens with zero attached hydrogens (tertiary/aromatic N) is 1. The van der Waals surface area contributed by atoms with Gasteiger partial charge in [0.15, 0.2) is 5.96 Å². The molecule has 6 heteroatoms. The van der Waals surface area contributed by atoms with Gasteiger partial charge < -0.3 is 16.0 Å². The molecule has 3 unspecified atom stereocenters. The van der Waals surface area contributed by atoms with Gasteiger partial charge in [-0.15, -0.1) is 24.0 Å². The standard InChI is InChI=1S/C17H24N4O.HI/c1-3-18-17(21-15-10-11(15)2)19-9-8-13-12-6-4-5-7-14(12)20-16(13)22;/h4-7,11,13,15H,3,8-10H2,1-2H3,(H,20,22)(H2,18,19,21);1H. The number of rotatable bonds is 5. The van der Waals surface area contributed by atoms with Crippen LogP contribution in [0.15, 0.2) is 29.3 Å². The number of hydrogen-bond donors (Lipinski definition) is 3. The first kappa shape index (κ1) is 18.0. The van der Waals surface area contributed by atoms with Gasteiger partial charge >= 0.3 is 0 Å². The van der Waals surface area contributed by atoms with Gasteiger partial charge in [0, 0.05) is 24.8 Å². The van der Waals surface area contributed by atoms with E-state index in [0.717, 1.165) is 36.1 Å². The van der Waals surface area contributed by atoms with Gasteiger partial charge in [-0.3, -0.25) is 9.79 Å². The van der Waals surface area contributed by atoms with Crippen molar-refractivity contribution in [1.29, 1.82) is 0 Å². The topological polar surface area (TPSA) is 65.5 Å². The maximum atomic E-state index is 12.1. The molecule has 0 bridgehead atoms. The van der Waals surface area contributed by atoms with Gasteiger partial charge in [0.1, 0.15) is 0 Å². The molecule has 3 rings (SSSR count). The minimum Gasteiger partial charge on any atom is -0.357 e. The molecule has 2 aliphatic rings. The van der Waals surface area contributed by atoms with E-state index in [-0.39, 0.29) is 35.8 Å². The number of amides is 1. The minimum atomic E-state index is -0.0809. The van der Waals surface area contributed by atoms with E-state index in [1.54, 1.807) is 0 Å². The molecule has 126 valence electrons. The Morgan fingerprint density at radius 2 is 2.13 bits per heavy atom. The number of guanidine groups is 1. The van der Waals surface area contributed by atoms with Crippen molar-refractivity contribution in [3.63, 3.8) is 0 Å². The van der Waals surface area contributed by atoms with Crippen LogP contribution in [-0.4, -0.2) is 31.0 Å². The molecule has 1 saturated carbocycles. The van der Waals surface area contributed by atoms with E-state index in [1.807, 2.05) is 24.3 Å². The molecule has 0 radical (unpaired) electrons. The first-order valence-electron chi connectivity index (χ1n) is 8.13. The smallest absolute Gasteiger partial charge is 0.232 e. The molecule has 1 aromatic carbocycles. The van der Waals surface area contributed by atoms with Crippen LogP contribution in [0.2, 0.25) is 0 Å². The Labute approximate surface area is 154 Å². The molecule has 0 spiro atoms. The predicted octanol–water partition coefficient (Wildman–Crippen LogP) is 2.69. The number of halogens is 1. The molecule has 0 saturated heterocycles. The van der Waals surface area contributed by atoms with E-state index >= 15 is 0 Å². The van der Waals surface area contributed by atoms with Crippen LogP contribution in [0.3, 0.4) is 0 Å². The highest BCUT2D eigenvalue weighted by atomic mass is 127. The molecule has 0 aromatic heterocycles. The van der Waals surface area contributed by atoms with Crippen molar-refractivity contribution in [3.05, 3.63) is 29.8 Å². The van der Waals surface area contributed by atoms with Crippen LogP contribution in [0.5, 0.6) is 0 Å². The lowest BCUT2D eigenvalue weighted by Crippen LogP contribution is -2.39. The fourth-order valence-electron chi connectivity index (χ4n) is 2.89. The lowest BCUT2D eigenvalue weighted by Gasteiger charge is -2.12. The van der Waals surface area contributed by atoms with Crippen LogP contribution < -0.4 is 16.0 Å². The quantitative estimate of drug-likeness (QED) is 0.384. The molecule has 3 N–H and O–H groups in total. The van der Waals surface area contributed by atoms with E-state index < -0.39 is 0 Å². The molecule has 1 heterocycles. The fraction of sp³-hybridized carbons (Fsp3) is 0.529. The fourth-order valence-corrected chi connectivity index (χ4v) is 2.89. The largest absolute Gasteiger partial charge is 0.357 e. The van der Waals surface area contributed by atoms with Crippen molar-refractivity contribution in [2.75, 3.05) is 18.4 Å². The van der Waals surface area contributed by atoms with Gasteiger partial charge in [-0.05, 0) is 37.3 Å². The van der Waals surface area contributed by atoms with E-state index in [0.29, 0.717) is 12.6 Å². The Morgan fingerprint density at radius 3 is 2.83 bits per heavy atom. The highest BCUT2D eigenvalue weighted by Crippen LogP contribution is 2.34. The number of aliphatic imine (C=N–C) groups is 1. The summed E-state index contributed by atoms with van der Waals surface area (Å²) < 4.78 is 0. The van der Waals surface area contributed by atoms with Gasteiger partial charge in [-0.1, -0.05) is 25.1 Å². The van der Waals surface area contributed by atoms with Crippen molar-refractivity contribution in [1.82, 2.24) is 10.6 Å². The van der Waals surface area contributed by atoms with Crippen molar-refractivity contribution in [2.24, 2.45) is 10.9 Å². The van der Waals surface area contributed by atoms with E-state index in [4.69, 9.17) is 0 Å². The molecule has 1 aliphatic heterocycles. The summed E-state index contributed by atoms with van der Waals surface area (Å²) in [6, 6.07) is 8.46. The SMILES string of the molecule is CCNC(=NCCC1C(=O)Nc2ccccc21)NC1CC1C.I. The zero-order chi connectivity index (χ0) is 15.5. The molecule has 1 amide bonds. The number of carbonyl (C=O) groups excluding carboxylic acids is 1. The van der Waals surface area contributed by atoms with Crippen molar-refractivity contribution < 1.29 is 4.79 Å². The van der Waals surface area contributed by atoms with Crippen LogP contribution >= 0.6 is 24.0 Å². The number of benzene rings is 1. The third-order valence-corrected chi connectivity index (χ3v) is 4.37. The second-order valence-electron chi connectivity index (χ2n) is 6.14. The maximum Gasteiger partial charge on any atom is 0.232 e. The third-order valence-electron chi connectivity index (χ3n) is 4.37. The Bertz CT molecular complexity index is 590. The summed E-state index contributed by atoms with van der Waals surface area (Å²) in [5.74, 6) is 1.60. The molecular weight excluding hydrogens is 403 g/mol. The molecule has 1 aliphatic carbocycles. The first-order valence-corrected chi connectivity index (χ1v) is 8.13. The molecular formula is C17H25IN4O. The zero-order valence-electron chi connectivity index (χ0n) is 13.6. The number of nitrogens with one attached hydrogen (secondary N) is 3. The third kappa shape index (κ3) is 4.37. The Kier molecular flexibility index (Phi) is 6.26. The summed E-state index contributed by atoms with van der Waals surface area (Å²) in [6.07, 6.45) is 1.95. The highest BCUT2D eigenvalue weighted by Gasteiger charge is 2.33. The highest BCUT2D eigenvalue weighted by molar-refractivity contribution is 14.0. The minimum absolute atomic E-state index is 0. The summed E-state index contributed by atoms with van der Waals surface area (Å²) in [4.78, 5) is 16.7. The van der Waals surface area contributed by atoms with Crippen molar-refractivity contribution >= 4 is 41.5 Å². The summed E-state index contributed by atoms with van der Waals surface area (Å²) in [5, 5.41) is 9.64. The van der Waals surface area contributed by atoms with Gasteiger partial charge in [-0.2, -0.15) is 0 Å². The van der Waals surface area contributed by atoms with Gasteiger partial charge in [0.25, 0.3) is 0 Å². The summed E-state index contributed by atoms with van der Waals surface area (Å²) >= 11 is 0. The average molecular weight is 428 g/mol. The number of carbonyl (C=O) groups is 1. The normalized spacial score (nSPS) is 25.2. The van der Waals surface area contributed by atoms with E-state index in [2.05, 4.69) is 34.8 Å². The average Bonchev–Trinajstić information content (AvgIpc) is 3.09. The molecule has 1 aromatic rings. The number of anilines is 1. The summed E-state index contributed by atoms with van der Waals surface area (Å²) in [6.45, 7) is 5.79.